The second kappa shape index (κ2) is 9.73. The molecule has 2 aromatic rings. The number of rotatable bonds is 8. The van der Waals surface area contributed by atoms with Gasteiger partial charge in [-0.1, -0.05) is 17.7 Å². The fourth-order valence-corrected chi connectivity index (χ4v) is 5.14. The van der Waals surface area contributed by atoms with Gasteiger partial charge in [0.1, 0.15) is 12.0 Å². The summed E-state index contributed by atoms with van der Waals surface area (Å²) in [5, 5.41) is 17.0. The van der Waals surface area contributed by atoms with Crippen molar-refractivity contribution < 1.29 is 14.3 Å². The van der Waals surface area contributed by atoms with E-state index in [0.29, 0.717) is 35.9 Å². The van der Waals surface area contributed by atoms with Crippen LogP contribution in [0.3, 0.4) is 0 Å². The normalized spacial score (nSPS) is 23.8. The van der Waals surface area contributed by atoms with Crippen molar-refractivity contribution in [3.63, 3.8) is 0 Å². The number of benzene rings is 1. The van der Waals surface area contributed by atoms with Gasteiger partial charge in [-0.25, -0.2) is 4.39 Å². The average Bonchev–Trinajstić information content (AvgIpc) is 3.60. The molecule has 5 N–H and O–H groups in total. The summed E-state index contributed by atoms with van der Waals surface area (Å²) in [5.74, 6) is -0.0402. The number of amides is 1. The van der Waals surface area contributed by atoms with Gasteiger partial charge in [0.15, 0.2) is 0 Å². The van der Waals surface area contributed by atoms with Crippen LogP contribution in [0.5, 0.6) is 0 Å². The van der Waals surface area contributed by atoms with Crippen LogP contribution in [0.2, 0.25) is 5.02 Å². The standard InChI is InChI=1S/C24H30ClFN4O2/c25-20-13-17(26)5-6-19(20)24(9-10-24)23(32)29-14-21(27)15-1-3-16(4-2-15)22(31)30-18-7-11-28-12-8-18/h5-8,11-13,15-16,21-22,31H,1-4,9-10,14,27H2,(H,28,30)(H,29,32). The Hall–Kier alpha value is -2.22. The lowest BCUT2D eigenvalue weighted by atomic mass is 9.78. The van der Waals surface area contributed by atoms with Crippen molar-refractivity contribution in [3.8, 4) is 0 Å². The first-order chi connectivity index (χ1) is 15.4. The number of carbonyl (C=O) groups excluding carboxylic acids is 1. The summed E-state index contributed by atoms with van der Waals surface area (Å²) in [7, 11) is 0. The fourth-order valence-electron chi connectivity index (χ4n) is 4.79. The first-order valence-corrected chi connectivity index (χ1v) is 11.6. The molecule has 6 nitrogen and oxygen atoms in total. The molecule has 2 atom stereocenters. The lowest BCUT2D eigenvalue weighted by Gasteiger charge is -2.35. The lowest BCUT2D eigenvalue weighted by molar-refractivity contribution is -0.123. The number of hydrogen-bond donors (Lipinski definition) is 4. The van der Waals surface area contributed by atoms with Crippen LogP contribution in [-0.4, -0.2) is 34.8 Å². The van der Waals surface area contributed by atoms with E-state index in [4.69, 9.17) is 17.3 Å². The van der Waals surface area contributed by atoms with E-state index >= 15 is 0 Å². The summed E-state index contributed by atoms with van der Waals surface area (Å²) in [5.41, 5.74) is 7.29. The second-order valence-corrected chi connectivity index (χ2v) is 9.49. The maximum atomic E-state index is 13.4. The number of aliphatic hydroxyl groups excluding tert-OH is 1. The molecule has 4 rings (SSSR count). The molecule has 1 amide bonds. The summed E-state index contributed by atoms with van der Waals surface area (Å²) in [4.78, 5) is 16.9. The van der Waals surface area contributed by atoms with E-state index in [2.05, 4.69) is 15.6 Å². The quantitative estimate of drug-likeness (QED) is 0.451. The van der Waals surface area contributed by atoms with Crippen LogP contribution in [-0.2, 0) is 10.2 Å². The lowest BCUT2D eigenvalue weighted by Crippen LogP contribution is -2.46. The van der Waals surface area contributed by atoms with E-state index in [-0.39, 0.29) is 17.9 Å². The van der Waals surface area contributed by atoms with Gasteiger partial charge >= 0.3 is 0 Å². The third-order valence-electron chi connectivity index (χ3n) is 6.99. The Bertz CT molecular complexity index is 933. The molecule has 0 bridgehead atoms. The van der Waals surface area contributed by atoms with Crippen LogP contribution in [0, 0.1) is 17.7 Å². The maximum absolute atomic E-state index is 13.4. The predicted octanol–water partition coefficient (Wildman–Crippen LogP) is 3.59. The summed E-state index contributed by atoms with van der Waals surface area (Å²) in [6, 6.07) is 7.72. The monoisotopic (exact) mass is 460 g/mol. The molecule has 2 saturated carbocycles. The van der Waals surface area contributed by atoms with E-state index in [1.165, 1.54) is 12.1 Å². The molecule has 0 aliphatic heterocycles. The van der Waals surface area contributed by atoms with E-state index in [9.17, 15) is 14.3 Å². The van der Waals surface area contributed by atoms with Crippen molar-refractivity contribution in [2.75, 3.05) is 11.9 Å². The molecule has 0 spiro atoms. The van der Waals surface area contributed by atoms with Crippen molar-refractivity contribution in [1.29, 1.82) is 0 Å². The zero-order valence-corrected chi connectivity index (χ0v) is 18.7. The Kier molecular flexibility index (Phi) is 6.98. The molecule has 2 fully saturated rings. The molecule has 0 radical (unpaired) electrons. The van der Waals surface area contributed by atoms with E-state index in [1.807, 2.05) is 12.1 Å². The molecule has 1 heterocycles. The summed E-state index contributed by atoms with van der Waals surface area (Å²) in [6.07, 6.45) is 7.74. The first kappa shape index (κ1) is 23.0. The van der Waals surface area contributed by atoms with Crippen molar-refractivity contribution in [1.82, 2.24) is 10.3 Å². The number of aromatic nitrogens is 1. The third kappa shape index (κ3) is 5.05. The summed E-state index contributed by atoms with van der Waals surface area (Å²) < 4.78 is 13.4. The summed E-state index contributed by atoms with van der Waals surface area (Å²) in [6.45, 7) is 0.395. The molecule has 1 aromatic heterocycles. The van der Waals surface area contributed by atoms with Crippen molar-refractivity contribution in [2.24, 2.45) is 17.6 Å². The van der Waals surface area contributed by atoms with E-state index in [0.717, 1.165) is 31.4 Å². The van der Waals surface area contributed by atoms with Crippen LogP contribution in [0.15, 0.2) is 42.7 Å². The SMILES string of the molecule is NC(CNC(=O)C1(c2ccc(F)cc2Cl)CC1)C1CCC(C(O)Nc2ccncc2)CC1. The zero-order chi connectivity index (χ0) is 22.7. The second-order valence-electron chi connectivity index (χ2n) is 9.08. The van der Waals surface area contributed by atoms with Gasteiger partial charge in [-0.2, -0.15) is 0 Å². The number of hydrogen-bond acceptors (Lipinski definition) is 5. The minimum Gasteiger partial charge on any atom is -0.374 e. The van der Waals surface area contributed by atoms with Crippen molar-refractivity contribution in [3.05, 3.63) is 59.1 Å². The molecule has 32 heavy (non-hydrogen) atoms. The number of nitrogens with two attached hydrogens (primary N) is 1. The maximum Gasteiger partial charge on any atom is 0.230 e. The first-order valence-electron chi connectivity index (χ1n) is 11.2. The predicted molar refractivity (Wildman–Crippen MR) is 123 cm³/mol. The molecular weight excluding hydrogens is 431 g/mol. The molecule has 172 valence electrons. The van der Waals surface area contributed by atoms with Crippen LogP contribution >= 0.6 is 11.6 Å². The van der Waals surface area contributed by atoms with Gasteiger partial charge in [-0.15, -0.1) is 0 Å². The number of carbonyl (C=O) groups is 1. The Morgan fingerprint density at radius 2 is 1.84 bits per heavy atom. The van der Waals surface area contributed by atoms with E-state index in [1.54, 1.807) is 18.5 Å². The topological polar surface area (TPSA) is 100 Å². The number of halogens is 2. The van der Waals surface area contributed by atoms with Crippen LogP contribution in [0.25, 0.3) is 0 Å². The van der Waals surface area contributed by atoms with Gasteiger partial charge in [0.25, 0.3) is 0 Å². The van der Waals surface area contributed by atoms with Crippen molar-refractivity contribution in [2.45, 2.75) is 56.2 Å². The Balaban J connectivity index is 1.24. The van der Waals surface area contributed by atoms with Gasteiger partial charge in [0.05, 0.1) is 5.41 Å². The largest absolute Gasteiger partial charge is 0.374 e. The third-order valence-corrected chi connectivity index (χ3v) is 7.31. The smallest absolute Gasteiger partial charge is 0.230 e. The van der Waals surface area contributed by atoms with Crippen LogP contribution in [0.4, 0.5) is 10.1 Å². The average molecular weight is 461 g/mol. The number of aliphatic hydroxyl groups is 1. The number of nitrogens with zero attached hydrogens (tertiary/aromatic N) is 1. The highest BCUT2D eigenvalue weighted by atomic mass is 35.5. The van der Waals surface area contributed by atoms with Gasteiger partial charge in [0, 0.05) is 41.6 Å². The van der Waals surface area contributed by atoms with Crippen LogP contribution < -0.4 is 16.4 Å². The molecule has 0 saturated heterocycles. The Morgan fingerprint density at radius 3 is 2.47 bits per heavy atom. The van der Waals surface area contributed by atoms with Crippen molar-refractivity contribution >= 4 is 23.2 Å². The molecule has 2 aliphatic carbocycles. The molecule has 8 heteroatoms. The van der Waals surface area contributed by atoms with Crippen LogP contribution in [0.1, 0.15) is 44.1 Å². The molecular formula is C24H30ClFN4O2. The highest BCUT2D eigenvalue weighted by molar-refractivity contribution is 6.31. The highest BCUT2D eigenvalue weighted by Gasteiger charge is 2.52. The highest BCUT2D eigenvalue weighted by Crippen LogP contribution is 2.50. The number of pyridine rings is 1. The minimum absolute atomic E-state index is 0.0906. The minimum atomic E-state index is -0.662. The molecule has 2 aliphatic rings. The number of anilines is 1. The van der Waals surface area contributed by atoms with Gasteiger partial charge in [0.2, 0.25) is 5.91 Å². The fraction of sp³-hybridized carbons (Fsp3) is 0.500. The number of nitrogens with one attached hydrogen (secondary N) is 2. The van der Waals surface area contributed by atoms with E-state index < -0.39 is 17.5 Å². The van der Waals surface area contributed by atoms with Gasteiger partial charge < -0.3 is 21.5 Å². The summed E-state index contributed by atoms with van der Waals surface area (Å²) >= 11 is 6.20. The van der Waals surface area contributed by atoms with Gasteiger partial charge in [-0.05, 0) is 74.3 Å². The zero-order valence-electron chi connectivity index (χ0n) is 17.9. The molecule has 2 unspecified atom stereocenters. The molecule has 1 aromatic carbocycles. The Morgan fingerprint density at radius 1 is 1.19 bits per heavy atom. The van der Waals surface area contributed by atoms with Gasteiger partial charge in [-0.3, -0.25) is 9.78 Å². The Labute approximate surface area is 192 Å².